The third-order valence-corrected chi connectivity index (χ3v) is 2.17. The summed E-state index contributed by atoms with van der Waals surface area (Å²) >= 11 is 0. The summed E-state index contributed by atoms with van der Waals surface area (Å²) in [4.78, 5) is 0. The molecule has 0 spiro atoms. The average Bonchev–Trinajstić information content (AvgIpc) is 2.68. The number of hydrogen-bond donors (Lipinski definition) is 0. The van der Waals surface area contributed by atoms with E-state index in [0.717, 1.165) is 5.56 Å². The monoisotopic (exact) mass is 194 g/mol. The van der Waals surface area contributed by atoms with Crippen molar-refractivity contribution in [1.29, 1.82) is 0 Å². The van der Waals surface area contributed by atoms with Crippen molar-refractivity contribution in [3.8, 4) is 0 Å². The Morgan fingerprint density at radius 3 is 2.86 bits per heavy atom. The minimum absolute atomic E-state index is 0.0604. The molecule has 1 aromatic carbocycles. The normalized spacial score (nSPS) is 26.6. The lowest BCUT2D eigenvalue weighted by Gasteiger charge is -2.10. The maximum absolute atomic E-state index is 5.64. The molecule has 1 heterocycles. The summed E-state index contributed by atoms with van der Waals surface area (Å²) in [6, 6.07) is 9.93. The van der Waals surface area contributed by atoms with E-state index in [1.54, 1.807) is 7.11 Å². The van der Waals surface area contributed by atoms with Gasteiger partial charge in [-0.05, 0) is 0 Å². The van der Waals surface area contributed by atoms with Gasteiger partial charge in [-0.1, -0.05) is 30.3 Å². The van der Waals surface area contributed by atoms with Crippen LogP contribution in [0.1, 0.15) is 11.9 Å². The maximum atomic E-state index is 5.64. The Kier molecular flexibility index (Phi) is 3.14. The highest BCUT2D eigenvalue weighted by Crippen LogP contribution is 2.26. The Morgan fingerprint density at radius 2 is 2.14 bits per heavy atom. The molecule has 0 aromatic heterocycles. The number of methoxy groups -OCH3 is 1. The second-order valence-electron chi connectivity index (χ2n) is 3.29. The summed E-state index contributed by atoms with van der Waals surface area (Å²) in [7, 11) is 1.67. The van der Waals surface area contributed by atoms with Gasteiger partial charge in [-0.25, -0.2) is 0 Å². The number of ether oxygens (including phenoxy) is 3. The molecule has 0 aliphatic carbocycles. The van der Waals surface area contributed by atoms with Gasteiger partial charge in [0, 0.05) is 12.7 Å². The van der Waals surface area contributed by atoms with Crippen molar-refractivity contribution in [3.63, 3.8) is 0 Å². The summed E-state index contributed by atoms with van der Waals surface area (Å²) < 4.78 is 16.1. The maximum Gasteiger partial charge on any atom is 0.184 e. The number of hydrogen-bond acceptors (Lipinski definition) is 3. The molecule has 0 saturated carbocycles. The van der Waals surface area contributed by atoms with Crippen LogP contribution in [0, 0.1) is 0 Å². The van der Waals surface area contributed by atoms with E-state index in [2.05, 4.69) is 0 Å². The van der Waals surface area contributed by atoms with Crippen molar-refractivity contribution in [2.45, 2.75) is 12.4 Å². The Hall–Kier alpha value is -0.900. The third kappa shape index (κ3) is 2.12. The highest BCUT2D eigenvalue weighted by Gasteiger charge is 2.26. The first-order chi connectivity index (χ1) is 6.90. The van der Waals surface area contributed by atoms with Crippen LogP contribution < -0.4 is 0 Å². The fraction of sp³-hybridized carbons (Fsp3) is 0.455. The molecule has 14 heavy (non-hydrogen) atoms. The molecule has 3 heteroatoms. The van der Waals surface area contributed by atoms with Crippen molar-refractivity contribution < 1.29 is 14.2 Å². The quantitative estimate of drug-likeness (QED) is 0.733. The summed E-state index contributed by atoms with van der Waals surface area (Å²) in [5.74, 6) is 0. The zero-order valence-electron chi connectivity index (χ0n) is 8.18. The molecule has 0 N–H and O–H groups in total. The van der Waals surface area contributed by atoms with E-state index in [9.17, 15) is 0 Å². The molecule has 1 aliphatic rings. The van der Waals surface area contributed by atoms with Gasteiger partial charge in [-0.15, -0.1) is 0 Å². The summed E-state index contributed by atoms with van der Waals surface area (Å²) in [6.07, 6.45) is -0.165. The zero-order chi connectivity index (χ0) is 9.80. The highest BCUT2D eigenvalue weighted by molar-refractivity contribution is 5.16. The predicted molar refractivity (Wildman–Crippen MR) is 51.9 cm³/mol. The third-order valence-electron chi connectivity index (χ3n) is 2.17. The van der Waals surface area contributed by atoms with Gasteiger partial charge in [0.15, 0.2) is 6.29 Å². The smallest absolute Gasteiger partial charge is 0.184 e. The molecule has 3 nitrogen and oxygen atoms in total. The van der Waals surface area contributed by atoms with Crippen molar-refractivity contribution in [2.75, 3.05) is 20.3 Å². The Bertz CT molecular complexity index is 273. The molecule has 76 valence electrons. The first kappa shape index (κ1) is 9.65. The van der Waals surface area contributed by atoms with Crippen LogP contribution in [0.15, 0.2) is 30.3 Å². The fourth-order valence-corrected chi connectivity index (χ4v) is 1.51. The lowest BCUT2D eigenvalue weighted by Crippen LogP contribution is -2.16. The van der Waals surface area contributed by atoms with Gasteiger partial charge in [0.05, 0.1) is 13.2 Å². The predicted octanol–water partition coefficient (Wildman–Crippen LogP) is 1.75. The number of benzene rings is 1. The topological polar surface area (TPSA) is 27.7 Å². The highest BCUT2D eigenvalue weighted by atomic mass is 16.7. The minimum Gasteiger partial charge on any atom is -0.382 e. The molecule has 0 bridgehead atoms. The SMILES string of the molecule is COCC1CO[C@H](c2ccccc2)O1. The molecule has 1 aromatic rings. The van der Waals surface area contributed by atoms with Gasteiger partial charge in [-0.2, -0.15) is 0 Å². The van der Waals surface area contributed by atoms with Crippen LogP contribution in [0.3, 0.4) is 0 Å². The molecule has 0 amide bonds. The second kappa shape index (κ2) is 4.55. The van der Waals surface area contributed by atoms with E-state index in [4.69, 9.17) is 14.2 Å². The molecule has 1 fully saturated rings. The van der Waals surface area contributed by atoms with Gasteiger partial charge in [0.25, 0.3) is 0 Å². The Balaban J connectivity index is 1.96. The summed E-state index contributed by atoms with van der Waals surface area (Å²) in [5, 5.41) is 0. The first-order valence-electron chi connectivity index (χ1n) is 4.71. The molecule has 1 saturated heterocycles. The Labute approximate surface area is 83.6 Å². The van der Waals surface area contributed by atoms with Crippen molar-refractivity contribution in [1.82, 2.24) is 0 Å². The van der Waals surface area contributed by atoms with Gasteiger partial charge < -0.3 is 14.2 Å². The van der Waals surface area contributed by atoms with Crippen LogP contribution in [0.4, 0.5) is 0 Å². The molecule has 2 rings (SSSR count). The molecule has 1 aliphatic heterocycles. The van der Waals surface area contributed by atoms with Crippen LogP contribution in [0.5, 0.6) is 0 Å². The van der Waals surface area contributed by atoms with Crippen molar-refractivity contribution >= 4 is 0 Å². The van der Waals surface area contributed by atoms with E-state index >= 15 is 0 Å². The molecule has 1 unspecified atom stereocenters. The minimum atomic E-state index is -0.226. The van der Waals surface area contributed by atoms with Crippen LogP contribution >= 0.6 is 0 Å². The van der Waals surface area contributed by atoms with Gasteiger partial charge in [0.2, 0.25) is 0 Å². The van der Waals surface area contributed by atoms with E-state index in [-0.39, 0.29) is 12.4 Å². The van der Waals surface area contributed by atoms with Gasteiger partial charge in [-0.3, -0.25) is 0 Å². The zero-order valence-corrected chi connectivity index (χ0v) is 8.18. The molecular formula is C11H14O3. The van der Waals surface area contributed by atoms with Crippen LogP contribution in [-0.2, 0) is 14.2 Å². The summed E-state index contributed by atoms with van der Waals surface area (Å²) in [6.45, 7) is 1.19. The van der Waals surface area contributed by atoms with E-state index in [0.29, 0.717) is 13.2 Å². The lowest BCUT2D eigenvalue weighted by atomic mass is 10.2. The molecule has 0 radical (unpaired) electrons. The second-order valence-corrected chi connectivity index (χ2v) is 3.29. The Morgan fingerprint density at radius 1 is 1.36 bits per heavy atom. The van der Waals surface area contributed by atoms with Crippen LogP contribution in [0.25, 0.3) is 0 Å². The fourth-order valence-electron chi connectivity index (χ4n) is 1.51. The van der Waals surface area contributed by atoms with E-state index in [1.165, 1.54) is 0 Å². The van der Waals surface area contributed by atoms with Crippen LogP contribution in [0.2, 0.25) is 0 Å². The first-order valence-corrected chi connectivity index (χ1v) is 4.71. The molecular weight excluding hydrogens is 180 g/mol. The van der Waals surface area contributed by atoms with E-state index in [1.807, 2.05) is 30.3 Å². The van der Waals surface area contributed by atoms with Crippen molar-refractivity contribution in [3.05, 3.63) is 35.9 Å². The van der Waals surface area contributed by atoms with Gasteiger partial charge in [0.1, 0.15) is 6.10 Å². The van der Waals surface area contributed by atoms with Crippen molar-refractivity contribution in [2.24, 2.45) is 0 Å². The average molecular weight is 194 g/mol. The standard InChI is InChI=1S/C11H14O3/c1-12-7-10-8-13-11(14-10)9-5-3-2-4-6-9/h2-6,10-11H,7-8H2,1H3/t10?,11-/m0/s1. The van der Waals surface area contributed by atoms with E-state index < -0.39 is 0 Å². The molecule has 2 atom stereocenters. The van der Waals surface area contributed by atoms with Gasteiger partial charge >= 0.3 is 0 Å². The number of rotatable bonds is 3. The lowest BCUT2D eigenvalue weighted by molar-refractivity contribution is -0.0704. The summed E-state index contributed by atoms with van der Waals surface area (Å²) in [5.41, 5.74) is 1.06. The largest absolute Gasteiger partial charge is 0.382 e. The van der Waals surface area contributed by atoms with Crippen LogP contribution in [-0.4, -0.2) is 26.4 Å².